The Labute approximate surface area is 160 Å². The van der Waals surface area contributed by atoms with Crippen LogP contribution in [0.25, 0.3) is 11.3 Å². The van der Waals surface area contributed by atoms with Crippen LogP contribution in [0.3, 0.4) is 0 Å². The maximum Gasteiger partial charge on any atom is 0.273 e. The van der Waals surface area contributed by atoms with Crippen LogP contribution in [0.5, 0.6) is 5.75 Å². The van der Waals surface area contributed by atoms with Crippen LogP contribution in [-0.4, -0.2) is 23.9 Å². The van der Waals surface area contributed by atoms with Crippen molar-refractivity contribution in [3.63, 3.8) is 0 Å². The zero-order valence-corrected chi connectivity index (χ0v) is 15.6. The van der Waals surface area contributed by atoms with E-state index in [-0.39, 0.29) is 11.8 Å². The van der Waals surface area contributed by atoms with Gasteiger partial charge < -0.3 is 10.1 Å². The molecule has 3 rings (SSSR count). The number of anilines is 2. The summed E-state index contributed by atoms with van der Waals surface area (Å²) < 4.78 is 5.19. The molecule has 0 radical (unpaired) electrons. The Morgan fingerprint density at radius 2 is 1.81 bits per heavy atom. The molecule has 0 saturated heterocycles. The van der Waals surface area contributed by atoms with Gasteiger partial charge in [0.05, 0.1) is 18.4 Å². The number of hydrogen-bond acceptors (Lipinski definition) is 6. The van der Waals surface area contributed by atoms with Gasteiger partial charge in [0.25, 0.3) is 5.91 Å². The van der Waals surface area contributed by atoms with E-state index in [9.17, 15) is 9.59 Å². The van der Waals surface area contributed by atoms with Crippen molar-refractivity contribution in [3.8, 4) is 17.0 Å². The summed E-state index contributed by atoms with van der Waals surface area (Å²) in [5.74, 6) is 0.0634. The van der Waals surface area contributed by atoms with Crippen LogP contribution in [-0.2, 0) is 4.79 Å². The van der Waals surface area contributed by atoms with Crippen molar-refractivity contribution in [1.82, 2.24) is 10.4 Å². The first-order valence-corrected chi connectivity index (χ1v) is 8.97. The number of rotatable bonds is 6. The summed E-state index contributed by atoms with van der Waals surface area (Å²) in [6, 6.07) is 14.3. The monoisotopic (exact) mass is 382 g/mol. The third-order valence-corrected chi connectivity index (χ3v) is 4.40. The standard InChI is InChI=1S/C19H18N4O3S/c1-12(24)20-14-9-7-13(8-10-14)16-11-27-19(21-16)23-22-18(25)15-5-3-4-6-17(15)26-2/h3-11H,1-2H3,(H,20,24)(H,21,23)(H,22,25). The van der Waals surface area contributed by atoms with Crippen LogP contribution in [0.4, 0.5) is 10.8 Å². The number of carbonyl (C=O) groups is 2. The molecule has 0 aliphatic heterocycles. The molecule has 138 valence electrons. The highest BCUT2D eigenvalue weighted by molar-refractivity contribution is 7.14. The number of methoxy groups -OCH3 is 1. The lowest BCUT2D eigenvalue weighted by Crippen LogP contribution is -2.29. The second kappa shape index (κ2) is 8.33. The van der Waals surface area contributed by atoms with Crippen molar-refractivity contribution >= 4 is 34.0 Å². The second-order valence-electron chi connectivity index (χ2n) is 5.58. The van der Waals surface area contributed by atoms with Gasteiger partial charge in [-0.3, -0.25) is 20.4 Å². The molecule has 1 aromatic heterocycles. The number of para-hydroxylation sites is 1. The zero-order chi connectivity index (χ0) is 19.2. The highest BCUT2D eigenvalue weighted by atomic mass is 32.1. The van der Waals surface area contributed by atoms with Crippen LogP contribution in [0.2, 0.25) is 0 Å². The van der Waals surface area contributed by atoms with Crippen molar-refractivity contribution in [2.45, 2.75) is 6.92 Å². The van der Waals surface area contributed by atoms with Gasteiger partial charge in [-0.15, -0.1) is 11.3 Å². The van der Waals surface area contributed by atoms with Gasteiger partial charge in [0.1, 0.15) is 5.75 Å². The fraction of sp³-hybridized carbons (Fsp3) is 0.105. The molecule has 27 heavy (non-hydrogen) atoms. The Morgan fingerprint density at radius 3 is 2.52 bits per heavy atom. The molecule has 7 nitrogen and oxygen atoms in total. The van der Waals surface area contributed by atoms with Gasteiger partial charge in [-0.25, -0.2) is 4.98 Å². The van der Waals surface area contributed by atoms with E-state index >= 15 is 0 Å². The molecule has 0 bridgehead atoms. The minimum atomic E-state index is -0.316. The van der Waals surface area contributed by atoms with Gasteiger partial charge in [-0.1, -0.05) is 24.3 Å². The first kappa shape index (κ1) is 18.4. The van der Waals surface area contributed by atoms with Crippen LogP contribution >= 0.6 is 11.3 Å². The van der Waals surface area contributed by atoms with Gasteiger partial charge in [-0.05, 0) is 24.3 Å². The highest BCUT2D eigenvalue weighted by Gasteiger charge is 2.12. The molecule has 0 unspecified atom stereocenters. The average molecular weight is 382 g/mol. The third kappa shape index (κ3) is 4.62. The molecule has 0 spiro atoms. The normalized spacial score (nSPS) is 10.1. The molecule has 2 amide bonds. The van der Waals surface area contributed by atoms with E-state index in [1.54, 1.807) is 24.3 Å². The Bertz CT molecular complexity index is 954. The first-order valence-electron chi connectivity index (χ1n) is 8.10. The smallest absolute Gasteiger partial charge is 0.273 e. The molecular formula is C19H18N4O3S. The Morgan fingerprint density at radius 1 is 1.07 bits per heavy atom. The van der Waals surface area contributed by atoms with E-state index in [1.165, 1.54) is 25.4 Å². The lowest BCUT2D eigenvalue weighted by atomic mass is 10.1. The number of aromatic nitrogens is 1. The molecule has 3 aromatic rings. The minimum Gasteiger partial charge on any atom is -0.496 e. The van der Waals surface area contributed by atoms with Crippen LogP contribution < -0.4 is 20.9 Å². The number of amides is 2. The van der Waals surface area contributed by atoms with Crippen molar-refractivity contribution in [2.24, 2.45) is 0 Å². The number of nitrogens with one attached hydrogen (secondary N) is 3. The van der Waals surface area contributed by atoms with Gasteiger partial charge in [0.2, 0.25) is 11.0 Å². The van der Waals surface area contributed by atoms with E-state index in [2.05, 4.69) is 21.2 Å². The SMILES string of the molecule is COc1ccccc1C(=O)NNc1nc(-c2ccc(NC(C)=O)cc2)cs1. The van der Waals surface area contributed by atoms with Gasteiger partial charge in [0, 0.05) is 23.6 Å². The lowest BCUT2D eigenvalue weighted by molar-refractivity contribution is -0.114. The summed E-state index contributed by atoms with van der Waals surface area (Å²) in [5, 5.41) is 5.15. The van der Waals surface area contributed by atoms with E-state index in [0.29, 0.717) is 16.4 Å². The topological polar surface area (TPSA) is 92.3 Å². The van der Waals surface area contributed by atoms with Crippen LogP contribution in [0.15, 0.2) is 53.9 Å². The lowest BCUT2D eigenvalue weighted by Gasteiger charge is -2.09. The van der Waals surface area contributed by atoms with Crippen molar-refractivity contribution in [1.29, 1.82) is 0 Å². The largest absolute Gasteiger partial charge is 0.496 e. The number of thiazole rings is 1. The number of ether oxygens (including phenoxy) is 1. The van der Waals surface area contributed by atoms with E-state index in [0.717, 1.165) is 16.9 Å². The minimum absolute atomic E-state index is 0.117. The Hall–Kier alpha value is -3.39. The Balaban J connectivity index is 1.64. The molecule has 1 heterocycles. The number of hydrogen-bond donors (Lipinski definition) is 3. The number of hydrazine groups is 1. The summed E-state index contributed by atoms with van der Waals surface area (Å²) >= 11 is 1.37. The molecule has 3 N–H and O–H groups in total. The summed E-state index contributed by atoms with van der Waals surface area (Å²) in [6.45, 7) is 1.46. The predicted octanol–water partition coefficient (Wildman–Crippen LogP) is 3.53. The molecule has 2 aromatic carbocycles. The van der Waals surface area contributed by atoms with Crippen molar-refractivity contribution in [2.75, 3.05) is 17.9 Å². The van der Waals surface area contributed by atoms with Crippen molar-refractivity contribution in [3.05, 3.63) is 59.5 Å². The third-order valence-electron chi connectivity index (χ3n) is 3.64. The maximum atomic E-state index is 12.3. The quantitative estimate of drug-likeness (QED) is 0.567. The molecule has 0 atom stereocenters. The summed E-state index contributed by atoms with van der Waals surface area (Å²) in [5.41, 5.74) is 8.26. The predicted molar refractivity (Wildman–Crippen MR) is 106 cm³/mol. The molecule has 0 aliphatic carbocycles. The van der Waals surface area contributed by atoms with Gasteiger partial charge in [-0.2, -0.15) is 0 Å². The molecular weight excluding hydrogens is 364 g/mol. The second-order valence-corrected chi connectivity index (χ2v) is 6.43. The Kier molecular flexibility index (Phi) is 5.68. The number of benzene rings is 2. The zero-order valence-electron chi connectivity index (χ0n) is 14.8. The molecule has 0 saturated carbocycles. The van der Waals surface area contributed by atoms with Crippen LogP contribution in [0.1, 0.15) is 17.3 Å². The first-order chi connectivity index (χ1) is 13.1. The van der Waals surface area contributed by atoms with E-state index in [1.807, 2.05) is 29.6 Å². The average Bonchev–Trinajstić information content (AvgIpc) is 3.15. The van der Waals surface area contributed by atoms with Crippen LogP contribution in [0, 0.1) is 0 Å². The fourth-order valence-corrected chi connectivity index (χ4v) is 3.07. The molecule has 0 fully saturated rings. The van der Waals surface area contributed by atoms with Gasteiger partial charge in [0.15, 0.2) is 0 Å². The highest BCUT2D eigenvalue weighted by Crippen LogP contribution is 2.26. The summed E-state index contributed by atoms with van der Waals surface area (Å²) in [4.78, 5) is 27.8. The fourth-order valence-electron chi connectivity index (χ4n) is 2.40. The van der Waals surface area contributed by atoms with Gasteiger partial charge >= 0.3 is 0 Å². The number of nitrogens with zero attached hydrogens (tertiary/aromatic N) is 1. The summed E-state index contributed by atoms with van der Waals surface area (Å²) in [7, 11) is 1.52. The van der Waals surface area contributed by atoms with Crippen molar-refractivity contribution < 1.29 is 14.3 Å². The summed E-state index contributed by atoms with van der Waals surface area (Å²) in [6.07, 6.45) is 0. The molecule has 8 heteroatoms. The number of carbonyl (C=O) groups excluding carboxylic acids is 2. The molecule has 0 aliphatic rings. The van der Waals surface area contributed by atoms with E-state index in [4.69, 9.17) is 4.74 Å². The van der Waals surface area contributed by atoms with E-state index < -0.39 is 0 Å². The maximum absolute atomic E-state index is 12.3.